The Morgan fingerprint density at radius 3 is 2.70 bits per heavy atom. The highest BCUT2D eigenvalue weighted by Crippen LogP contribution is 2.50. The Labute approximate surface area is 267 Å². The number of nitrogen functional groups attached to an aromatic ring is 1. The van der Waals surface area contributed by atoms with Gasteiger partial charge in [-0.3, -0.25) is 4.90 Å². The molecule has 8 nitrogen and oxygen atoms in total. The van der Waals surface area contributed by atoms with E-state index in [0.717, 1.165) is 38.3 Å². The first-order valence-corrected chi connectivity index (χ1v) is 16.2. The van der Waals surface area contributed by atoms with Gasteiger partial charge in [-0.15, -0.1) is 0 Å². The van der Waals surface area contributed by atoms with Gasteiger partial charge in [0.1, 0.15) is 35.7 Å². The second-order valence-electron chi connectivity index (χ2n) is 13.7. The third-order valence-corrected chi connectivity index (χ3v) is 10.9. The Kier molecular flexibility index (Phi) is 6.97. The van der Waals surface area contributed by atoms with Crippen molar-refractivity contribution in [1.82, 2.24) is 25.2 Å². The molecular weight excluding hydrogens is 624 g/mol. The summed E-state index contributed by atoms with van der Waals surface area (Å²) in [6.07, 6.45) is -0.234. The molecule has 0 spiro atoms. The Balaban J connectivity index is 1.38. The highest BCUT2D eigenvalue weighted by Gasteiger charge is 2.50. The second kappa shape index (κ2) is 10.7. The molecule has 47 heavy (non-hydrogen) atoms. The van der Waals surface area contributed by atoms with E-state index in [1.807, 2.05) is 4.90 Å². The molecule has 1 aromatic carbocycles. The average molecular weight is 660 g/mol. The van der Waals surface area contributed by atoms with Crippen LogP contribution < -0.4 is 20.7 Å². The molecule has 14 heteroatoms. The van der Waals surface area contributed by atoms with Crippen LogP contribution in [0.2, 0.25) is 0 Å². The molecule has 0 amide bonds. The zero-order valence-electron chi connectivity index (χ0n) is 26.0. The SMILES string of the molecule is C/C=C1\C[C@@H]2[C@@H]3CC[C@H](CN2c2nc(OCC45CCCN4C[C@H](F)C5)nc4c(F)c(-c5nc(N)cc(C)c5C(F)(F)F)c(F)c1c24)N3. The van der Waals surface area contributed by atoms with Crippen molar-refractivity contribution >= 4 is 28.1 Å². The van der Waals surface area contributed by atoms with E-state index < -0.39 is 46.3 Å². The predicted molar refractivity (Wildman–Crippen MR) is 165 cm³/mol. The molecule has 5 aliphatic rings. The normalized spacial score (nSPS) is 29.4. The van der Waals surface area contributed by atoms with Gasteiger partial charge in [0.2, 0.25) is 0 Å². The lowest BCUT2D eigenvalue weighted by Gasteiger charge is -2.41. The monoisotopic (exact) mass is 659 g/mol. The Bertz CT molecular complexity index is 1830. The lowest BCUT2D eigenvalue weighted by atomic mass is 9.89. The number of alkyl halides is 4. The number of piperazine rings is 1. The Hall–Kier alpha value is -3.65. The first-order chi connectivity index (χ1) is 22.4. The smallest absolute Gasteiger partial charge is 0.418 e. The third kappa shape index (κ3) is 4.68. The lowest BCUT2D eigenvalue weighted by molar-refractivity contribution is -0.137. The van der Waals surface area contributed by atoms with E-state index in [4.69, 9.17) is 15.5 Å². The van der Waals surface area contributed by atoms with Crippen LogP contribution in [-0.4, -0.2) is 75.9 Å². The number of anilines is 2. The number of aryl methyl sites for hydroxylation is 1. The largest absolute Gasteiger partial charge is 0.461 e. The van der Waals surface area contributed by atoms with Gasteiger partial charge >= 0.3 is 12.2 Å². The van der Waals surface area contributed by atoms with Gasteiger partial charge in [-0.1, -0.05) is 6.08 Å². The van der Waals surface area contributed by atoms with Crippen LogP contribution in [0, 0.1) is 18.6 Å². The molecule has 4 saturated heterocycles. The molecule has 0 radical (unpaired) electrons. The van der Waals surface area contributed by atoms with Crippen molar-refractivity contribution < 1.29 is 31.1 Å². The number of rotatable bonds is 4. The molecule has 5 aliphatic heterocycles. The minimum Gasteiger partial charge on any atom is -0.461 e. The summed E-state index contributed by atoms with van der Waals surface area (Å²) < 4.78 is 98.1. The molecule has 3 N–H and O–H groups in total. The van der Waals surface area contributed by atoms with Crippen LogP contribution in [0.4, 0.5) is 38.0 Å². The molecule has 0 saturated carbocycles. The fourth-order valence-electron chi connectivity index (χ4n) is 8.91. The number of fused-ring (bicyclic) bond motifs is 6. The van der Waals surface area contributed by atoms with Crippen molar-refractivity contribution in [2.45, 2.75) is 88.4 Å². The summed E-state index contributed by atoms with van der Waals surface area (Å²) >= 11 is 0. The quantitative estimate of drug-likeness (QED) is 0.332. The van der Waals surface area contributed by atoms with Gasteiger partial charge in [0.25, 0.3) is 0 Å². The molecule has 7 heterocycles. The van der Waals surface area contributed by atoms with E-state index in [1.54, 1.807) is 13.0 Å². The van der Waals surface area contributed by atoms with Gasteiger partial charge in [0, 0.05) is 43.2 Å². The zero-order valence-corrected chi connectivity index (χ0v) is 26.0. The Morgan fingerprint density at radius 2 is 1.94 bits per heavy atom. The highest BCUT2D eigenvalue weighted by atomic mass is 19.4. The molecule has 2 bridgehead atoms. The van der Waals surface area contributed by atoms with Gasteiger partial charge < -0.3 is 20.7 Å². The van der Waals surface area contributed by atoms with Gasteiger partial charge in [-0.25, -0.2) is 18.2 Å². The van der Waals surface area contributed by atoms with E-state index in [2.05, 4.69) is 20.2 Å². The molecule has 2 aromatic heterocycles. The second-order valence-corrected chi connectivity index (χ2v) is 13.7. The van der Waals surface area contributed by atoms with Crippen molar-refractivity contribution in [3.63, 3.8) is 0 Å². The maximum absolute atomic E-state index is 17.0. The number of ether oxygens (including phenoxy) is 1. The first kappa shape index (κ1) is 30.7. The van der Waals surface area contributed by atoms with E-state index >= 15 is 8.78 Å². The number of hydrogen-bond acceptors (Lipinski definition) is 8. The van der Waals surface area contributed by atoms with Crippen LogP contribution in [0.25, 0.3) is 27.7 Å². The molecule has 4 fully saturated rings. The molecule has 3 aromatic rings. The molecule has 250 valence electrons. The van der Waals surface area contributed by atoms with Crippen LogP contribution in [0.15, 0.2) is 12.1 Å². The van der Waals surface area contributed by atoms with Crippen molar-refractivity contribution in [3.8, 4) is 17.3 Å². The average Bonchev–Trinajstić information content (AvgIpc) is 3.64. The number of allylic oxidation sites excluding steroid dienone is 1. The van der Waals surface area contributed by atoms with E-state index in [0.29, 0.717) is 25.1 Å². The molecule has 0 aliphatic carbocycles. The first-order valence-electron chi connectivity index (χ1n) is 16.2. The standard InChI is InChI=1S/C33H35F6N7O/c1-3-16-10-20-19-6-5-18(41-19)13-46(20)30-23-22(16)26(35)24(28-25(33(37,38)39)15(2)9-21(40)42-28)27(36)29(23)43-31(44-30)47-14-32-7-4-8-45(32)12-17(34)11-32/h3,9,17-20,41H,4-8,10-14H2,1-2H3,(H2,40,42)/b16-3+/t17-,18-,19+,20-,32?/m1/s1. The van der Waals surface area contributed by atoms with Crippen LogP contribution in [0.3, 0.4) is 0 Å². The number of halogens is 6. The highest BCUT2D eigenvalue weighted by molar-refractivity contribution is 6.04. The summed E-state index contributed by atoms with van der Waals surface area (Å²) in [7, 11) is 0. The number of benzene rings is 1. The van der Waals surface area contributed by atoms with E-state index in [-0.39, 0.29) is 70.8 Å². The van der Waals surface area contributed by atoms with Crippen molar-refractivity contribution in [2.24, 2.45) is 0 Å². The maximum Gasteiger partial charge on any atom is 0.418 e. The summed E-state index contributed by atoms with van der Waals surface area (Å²) in [4.78, 5) is 17.2. The van der Waals surface area contributed by atoms with Crippen LogP contribution in [0.1, 0.15) is 62.1 Å². The molecular formula is C33H35F6N7O. The van der Waals surface area contributed by atoms with E-state index in [9.17, 15) is 17.6 Å². The summed E-state index contributed by atoms with van der Waals surface area (Å²) in [5.41, 5.74) is 1.90. The minimum absolute atomic E-state index is 0.0424. The summed E-state index contributed by atoms with van der Waals surface area (Å²) in [5, 5.41) is 3.70. The van der Waals surface area contributed by atoms with Gasteiger partial charge in [0.05, 0.1) is 27.7 Å². The fourth-order valence-corrected chi connectivity index (χ4v) is 8.91. The number of nitrogens with zero attached hydrogens (tertiary/aromatic N) is 5. The maximum atomic E-state index is 17.0. The zero-order chi connectivity index (χ0) is 33.0. The van der Waals surface area contributed by atoms with Gasteiger partial charge in [-0.05, 0) is 69.7 Å². The number of nitrogens with one attached hydrogen (secondary N) is 1. The number of pyridine rings is 1. The van der Waals surface area contributed by atoms with Crippen LogP contribution >= 0.6 is 0 Å². The third-order valence-electron chi connectivity index (χ3n) is 10.9. The Morgan fingerprint density at radius 1 is 1.13 bits per heavy atom. The van der Waals surface area contributed by atoms with Crippen molar-refractivity contribution in [1.29, 1.82) is 0 Å². The van der Waals surface area contributed by atoms with Crippen molar-refractivity contribution in [3.05, 3.63) is 40.5 Å². The summed E-state index contributed by atoms with van der Waals surface area (Å²) in [5.74, 6) is -2.53. The van der Waals surface area contributed by atoms with Gasteiger partial charge in [-0.2, -0.15) is 23.1 Å². The summed E-state index contributed by atoms with van der Waals surface area (Å²) in [6, 6.07) is 0.822. The van der Waals surface area contributed by atoms with Crippen molar-refractivity contribution in [2.75, 3.05) is 36.9 Å². The molecule has 5 atom stereocenters. The van der Waals surface area contributed by atoms with Gasteiger partial charge in [0.15, 0.2) is 5.82 Å². The minimum atomic E-state index is -4.98. The molecule has 1 unspecified atom stereocenters. The number of hydrogen-bond donors (Lipinski definition) is 2. The number of aromatic nitrogens is 3. The van der Waals surface area contributed by atoms with Crippen LogP contribution in [-0.2, 0) is 6.18 Å². The fraction of sp³-hybridized carbons (Fsp3) is 0.545. The van der Waals surface area contributed by atoms with Crippen LogP contribution in [0.5, 0.6) is 6.01 Å². The lowest BCUT2D eigenvalue weighted by Crippen LogP contribution is -2.58. The predicted octanol–water partition coefficient (Wildman–Crippen LogP) is 5.95. The summed E-state index contributed by atoms with van der Waals surface area (Å²) in [6.45, 7) is 4.52. The molecule has 8 rings (SSSR count). The topological polar surface area (TPSA) is 92.4 Å². The van der Waals surface area contributed by atoms with E-state index in [1.165, 1.54) is 6.92 Å². The number of nitrogens with two attached hydrogens (primary N) is 1.